The number of hydrogen-bond donors (Lipinski definition) is 1. The quantitative estimate of drug-likeness (QED) is 0.635. The van der Waals surface area contributed by atoms with Crippen LogP contribution in [-0.2, 0) is 16.1 Å². The van der Waals surface area contributed by atoms with Gasteiger partial charge in [0, 0.05) is 12.6 Å². The second-order valence-electron chi connectivity index (χ2n) is 7.64. The first kappa shape index (κ1) is 22.2. The third kappa shape index (κ3) is 5.99. The lowest BCUT2D eigenvalue weighted by atomic mass is 10.1. The molecule has 0 radical (unpaired) electrons. The van der Waals surface area contributed by atoms with Gasteiger partial charge < -0.3 is 15.0 Å². The number of nitrogens with zero attached hydrogens (tertiary/aromatic N) is 1. The van der Waals surface area contributed by atoms with E-state index in [1.807, 2.05) is 37.3 Å². The maximum atomic E-state index is 13.2. The van der Waals surface area contributed by atoms with Gasteiger partial charge >= 0.3 is 0 Å². The lowest BCUT2D eigenvalue weighted by Crippen LogP contribution is -2.52. The first-order chi connectivity index (χ1) is 14.6. The maximum absolute atomic E-state index is 13.2. The smallest absolute Gasteiger partial charge is 0.261 e. The van der Waals surface area contributed by atoms with Crippen LogP contribution in [-0.4, -0.2) is 35.4 Å². The summed E-state index contributed by atoms with van der Waals surface area (Å²) in [7, 11) is 0. The molecular weight excluding hydrogens is 400 g/mol. The van der Waals surface area contributed by atoms with Gasteiger partial charge in [0.15, 0.2) is 6.61 Å². The van der Waals surface area contributed by atoms with Crippen molar-refractivity contribution in [1.82, 2.24) is 10.2 Å². The summed E-state index contributed by atoms with van der Waals surface area (Å²) in [5, 5.41) is 3.59. The molecule has 2 aromatic rings. The van der Waals surface area contributed by atoms with Crippen molar-refractivity contribution in [2.75, 3.05) is 6.61 Å². The van der Waals surface area contributed by atoms with Crippen molar-refractivity contribution in [2.45, 2.75) is 57.7 Å². The zero-order valence-electron chi connectivity index (χ0n) is 17.4. The highest BCUT2D eigenvalue weighted by atomic mass is 35.5. The summed E-state index contributed by atoms with van der Waals surface area (Å²) < 4.78 is 5.67. The third-order valence-corrected chi connectivity index (χ3v) is 5.78. The molecule has 2 aromatic carbocycles. The van der Waals surface area contributed by atoms with Crippen LogP contribution >= 0.6 is 11.6 Å². The molecule has 6 heteroatoms. The fraction of sp³-hybridized carbons (Fsp3) is 0.417. The molecule has 3 rings (SSSR count). The molecule has 160 valence electrons. The topological polar surface area (TPSA) is 58.6 Å². The molecule has 0 spiro atoms. The Morgan fingerprint density at radius 1 is 1.10 bits per heavy atom. The number of benzene rings is 2. The zero-order valence-corrected chi connectivity index (χ0v) is 18.1. The summed E-state index contributed by atoms with van der Waals surface area (Å²) in [6.07, 6.45) is 4.82. The Morgan fingerprint density at radius 3 is 2.43 bits per heavy atom. The summed E-state index contributed by atoms with van der Waals surface area (Å²) in [5.74, 6) is 0.120. The number of nitrogens with one attached hydrogen (secondary N) is 1. The number of halogens is 1. The summed E-state index contributed by atoms with van der Waals surface area (Å²) >= 11 is 6.14. The lowest BCUT2D eigenvalue weighted by molar-refractivity contribution is -0.143. The number of carbonyl (C=O) groups is 2. The fourth-order valence-corrected chi connectivity index (χ4v) is 4.04. The van der Waals surface area contributed by atoms with Gasteiger partial charge in [0.1, 0.15) is 11.8 Å². The third-order valence-electron chi connectivity index (χ3n) is 5.47. The van der Waals surface area contributed by atoms with E-state index < -0.39 is 6.04 Å². The highest BCUT2D eigenvalue weighted by Crippen LogP contribution is 2.24. The lowest BCUT2D eigenvalue weighted by Gasteiger charge is -2.31. The fourth-order valence-electron chi connectivity index (χ4n) is 3.85. The van der Waals surface area contributed by atoms with Crippen molar-refractivity contribution in [3.8, 4) is 5.75 Å². The molecule has 1 N–H and O–H groups in total. The van der Waals surface area contributed by atoms with E-state index in [0.717, 1.165) is 31.2 Å². The molecule has 5 nitrogen and oxygen atoms in total. The molecule has 1 saturated carbocycles. The van der Waals surface area contributed by atoms with Crippen LogP contribution in [0.5, 0.6) is 5.75 Å². The molecule has 1 fully saturated rings. The largest absolute Gasteiger partial charge is 0.482 e. The van der Waals surface area contributed by atoms with Crippen LogP contribution in [0.3, 0.4) is 0 Å². The van der Waals surface area contributed by atoms with Gasteiger partial charge in [-0.2, -0.15) is 0 Å². The van der Waals surface area contributed by atoms with Gasteiger partial charge in [0.05, 0.1) is 5.02 Å². The number of amides is 2. The van der Waals surface area contributed by atoms with Crippen LogP contribution in [0.25, 0.3) is 0 Å². The first-order valence-corrected chi connectivity index (χ1v) is 11.0. The number of para-hydroxylation sites is 1. The van der Waals surface area contributed by atoms with Crippen LogP contribution < -0.4 is 10.1 Å². The molecule has 0 bridgehead atoms. The molecule has 0 saturated heterocycles. The Bertz CT molecular complexity index is 837. The maximum Gasteiger partial charge on any atom is 0.261 e. The van der Waals surface area contributed by atoms with E-state index in [0.29, 0.717) is 23.7 Å². The number of ether oxygens (including phenoxy) is 1. The SMILES string of the molecule is CCC(C(=O)NC1CCCC1)N(Cc1ccccc1)C(=O)COc1ccccc1Cl. The Morgan fingerprint density at radius 2 is 1.77 bits per heavy atom. The molecule has 1 aliphatic carbocycles. The Labute approximate surface area is 183 Å². The van der Waals surface area contributed by atoms with Crippen molar-refractivity contribution in [3.63, 3.8) is 0 Å². The monoisotopic (exact) mass is 428 g/mol. The molecule has 1 aliphatic rings. The first-order valence-electron chi connectivity index (χ1n) is 10.6. The van der Waals surface area contributed by atoms with E-state index in [9.17, 15) is 9.59 Å². The van der Waals surface area contributed by atoms with Crippen molar-refractivity contribution < 1.29 is 14.3 Å². The van der Waals surface area contributed by atoms with Gasteiger partial charge in [0.25, 0.3) is 5.91 Å². The zero-order chi connectivity index (χ0) is 21.3. The minimum Gasteiger partial charge on any atom is -0.482 e. The molecule has 30 heavy (non-hydrogen) atoms. The average molecular weight is 429 g/mol. The summed E-state index contributed by atoms with van der Waals surface area (Å²) in [6, 6.07) is 16.4. The van der Waals surface area contributed by atoms with Crippen molar-refractivity contribution >= 4 is 23.4 Å². The average Bonchev–Trinajstić information content (AvgIpc) is 3.26. The van der Waals surface area contributed by atoms with Gasteiger partial charge in [0.2, 0.25) is 5.91 Å². The minimum absolute atomic E-state index is 0.0913. The van der Waals surface area contributed by atoms with E-state index >= 15 is 0 Å². The minimum atomic E-state index is -0.548. The van der Waals surface area contributed by atoms with Gasteiger partial charge in [-0.25, -0.2) is 0 Å². The molecule has 1 unspecified atom stereocenters. The summed E-state index contributed by atoms with van der Waals surface area (Å²) in [4.78, 5) is 27.8. The van der Waals surface area contributed by atoms with Gasteiger partial charge in [-0.3, -0.25) is 9.59 Å². The van der Waals surface area contributed by atoms with Crippen LogP contribution in [0.2, 0.25) is 5.02 Å². The highest BCUT2D eigenvalue weighted by molar-refractivity contribution is 6.32. The van der Waals surface area contributed by atoms with Crippen LogP contribution in [0.4, 0.5) is 0 Å². The van der Waals surface area contributed by atoms with Crippen molar-refractivity contribution in [1.29, 1.82) is 0 Å². The molecular formula is C24H29ClN2O3. The predicted molar refractivity (Wildman–Crippen MR) is 118 cm³/mol. The summed E-state index contributed by atoms with van der Waals surface area (Å²) in [6.45, 7) is 2.10. The van der Waals surface area contributed by atoms with Gasteiger partial charge in [-0.1, -0.05) is 73.8 Å². The van der Waals surface area contributed by atoms with Crippen LogP contribution in [0, 0.1) is 0 Å². The summed E-state index contributed by atoms with van der Waals surface area (Å²) in [5.41, 5.74) is 0.968. The molecule has 2 amide bonds. The van der Waals surface area contributed by atoms with Gasteiger partial charge in [-0.05, 0) is 37.0 Å². The van der Waals surface area contributed by atoms with E-state index in [2.05, 4.69) is 5.32 Å². The highest BCUT2D eigenvalue weighted by Gasteiger charge is 2.30. The Balaban J connectivity index is 1.74. The number of hydrogen-bond acceptors (Lipinski definition) is 3. The number of rotatable bonds is 9. The van der Waals surface area contributed by atoms with Crippen molar-refractivity contribution in [3.05, 3.63) is 65.2 Å². The molecule has 1 atom stereocenters. The van der Waals surface area contributed by atoms with E-state index in [4.69, 9.17) is 16.3 Å². The Kier molecular flexibility index (Phi) is 8.14. The molecule has 0 heterocycles. The standard InChI is InChI=1S/C24H29ClN2O3/c1-2-21(24(29)26-19-12-6-7-13-19)27(16-18-10-4-3-5-11-18)23(28)17-30-22-15-9-8-14-20(22)25/h3-5,8-11,14-15,19,21H,2,6-7,12-13,16-17H2,1H3,(H,26,29). The Hall–Kier alpha value is -2.53. The van der Waals surface area contributed by atoms with E-state index in [1.54, 1.807) is 29.2 Å². The molecule has 0 aromatic heterocycles. The van der Waals surface area contributed by atoms with Crippen LogP contribution in [0.15, 0.2) is 54.6 Å². The van der Waals surface area contributed by atoms with Gasteiger partial charge in [-0.15, -0.1) is 0 Å². The van der Waals surface area contributed by atoms with E-state index in [-0.39, 0.29) is 24.5 Å². The van der Waals surface area contributed by atoms with Crippen molar-refractivity contribution in [2.24, 2.45) is 0 Å². The molecule has 0 aliphatic heterocycles. The van der Waals surface area contributed by atoms with Crippen LogP contribution in [0.1, 0.15) is 44.6 Å². The second kappa shape index (κ2) is 11.0. The second-order valence-corrected chi connectivity index (χ2v) is 8.05. The number of carbonyl (C=O) groups excluding carboxylic acids is 2. The van der Waals surface area contributed by atoms with E-state index in [1.165, 1.54) is 0 Å². The predicted octanol–water partition coefficient (Wildman–Crippen LogP) is 4.59. The normalized spacial score (nSPS) is 14.9.